The molecule has 130 valence electrons. The first-order chi connectivity index (χ1) is 12.2. The number of hydrazone groups is 1. The largest absolute Gasteiger partial charge is 0.490 e. The highest BCUT2D eigenvalue weighted by atomic mass is 32.1. The number of benzene rings is 1. The van der Waals surface area contributed by atoms with Gasteiger partial charge in [0.25, 0.3) is 5.91 Å². The van der Waals surface area contributed by atoms with Gasteiger partial charge in [-0.3, -0.25) is 4.79 Å². The highest BCUT2D eigenvalue weighted by Gasteiger charge is 2.18. The van der Waals surface area contributed by atoms with Gasteiger partial charge < -0.3 is 9.47 Å². The Morgan fingerprint density at radius 3 is 2.80 bits per heavy atom. The van der Waals surface area contributed by atoms with Gasteiger partial charge in [0.1, 0.15) is 0 Å². The smallest absolute Gasteiger partial charge is 0.281 e. The van der Waals surface area contributed by atoms with Gasteiger partial charge in [0, 0.05) is 16.9 Å². The molecule has 2 aromatic rings. The zero-order valence-electron chi connectivity index (χ0n) is 14.1. The van der Waals surface area contributed by atoms with Crippen LogP contribution in [0, 0.1) is 0 Å². The summed E-state index contributed by atoms with van der Waals surface area (Å²) < 4.78 is 11.3. The van der Waals surface area contributed by atoms with Crippen LogP contribution in [-0.2, 0) is 12.8 Å². The number of aryl methyl sites for hydroxylation is 2. The first-order valence-electron chi connectivity index (χ1n) is 8.57. The van der Waals surface area contributed by atoms with Crippen LogP contribution in [0.25, 0.3) is 0 Å². The first kappa shape index (κ1) is 16.1. The maximum atomic E-state index is 12.3. The molecule has 0 saturated carbocycles. The summed E-state index contributed by atoms with van der Waals surface area (Å²) in [4.78, 5) is 14.4. The molecule has 1 aromatic carbocycles. The van der Waals surface area contributed by atoms with E-state index >= 15 is 0 Å². The van der Waals surface area contributed by atoms with Crippen LogP contribution >= 0.6 is 11.3 Å². The number of hydrogen-bond donors (Lipinski definition) is 1. The van der Waals surface area contributed by atoms with Crippen molar-refractivity contribution in [3.05, 3.63) is 45.1 Å². The van der Waals surface area contributed by atoms with Gasteiger partial charge in [0.2, 0.25) is 0 Å². The fourth-order valence-corrected chi connectivity index (χ4v) is 4.23. The Labute approximate surface area is 150 Å². The van der Waals surface area contributed by atoms with Crippen molar-refractivity contribution in [1.29, 1.82) is 0 Å². The average molecular weight is 356 g/mol. The quantitative estimate of drug-likeness (QED) is 0.676. The highest BCUT2D eigenvalue weighted by molar-refractivity contribution is 7.14. The molecular formula is C19H20N2O3S. The Kier molecular flexibility index (Phi) is 4.44. The van der Waals surface area contributed by atoms with Crippen LogP contribution in [0.1, 0.15) is 45.4 Å². The average Bonchev–Trinajstić information content (AvgIpc) is 3.14. The number of amides is 1. The van der Waals surface area contributed by atoms with E-state index in [1.807, 2.05) is 31.2 Å². The molecular weight excluding hydrogens is 336 g/mol. The molecule has 0 radical (unpaired) electrons. The van der Waals surface area contributed by atoms with E-state index in [1.54, 1.807) is 11.3 Å². The van der Waals surface area contributed by atoms with Crippen molar-refractivity contribution in [1.82, 2.24) is 5.43 Å². The third-order valence-electron chi connectivity index (χ3n) is 4.46. The van der Waals surface area contributed by atoms with E-state index in [0.29, 0.717) is 13.2 Å². The summed E-state index contributed by atoms with van der Waals surface area (Å²) in [6, 6.07) is 7.73. The van der Waals surface area contributed by atoms with E-state index in [4.69, 9.17) is 9.47 Å². The lowest BCUT2D eigenvalue weighted by atomic mass is 10.1. The normalized spacial score (nSPS) is 16.3. The predicted molar refractivity (Wildman–Crippen MR) is 98.1 cm³/mol. The molecule has 0 bridgehead atoms. The maximum Gasteiger partial charge on any atom is 0.281 e. The van der Waals surface area contributed by atoms with Gasteiger partial charge >= 0.3 is 0 Å². The summed E-state index contributed by atoms with van der Waals surface area (Å²) in [5.74, 6) is 1.34. The molecule has 0 saturated heterocycles. The van der Waals surface area contributed by atoms with Crippen LogP contribution < -0.4 is 14.9 Å². The van der Waals surface area contributed by atoms with E-state index in [1.165, 1.54) is 16.9 Å². The summed E-state index contributed by atoms with van der Waals surface area (Å²) in [5.41, 5.74) is 5.61. The van der Waals surface area contributed by atoms with Crippen LogP contribution in [0.4, 0.5) is 0 Å². The standard InChI is InChI=1S/C19H20N2O3S/c1-12(13-6-7-15-16(10-13)24-9-3-8-23-15)20-21-19(22)18-11-14-4-2-5-17(14)25-18/h6-7,10-11H,2-5,8-9H2,1H3,(H,21,22)/b20-12-. The molecule has 1 amide bonds. The van der Waals surface area contributed by atoms with Crippen LogP contribution in [0.15, 0.2) is 29.4 Å². The number of fused-ring (bicyclic) bond motifs is 2. The van der Waals surface area contributed by atoms with Gasteiger partial charge in [-0.2, -0.15) is 5.10 Å². The molecule has 4 rings (SSSR count). The van der Waals surface area contributed by atoms with Crippen molar-refractivity contribution in [2.75, 3.05) is 13.2 Å². The minimum atomic E-state index is -0.145. The van der Waals surface area contributed by atoms with Gasteiger partial charge in [-0.15, -0.1) is 11.3 Å². The molecule has 0 spiro atoms. The SMILES string of the molecule is C/C(=N/NC(=O)c1cc2c(s1)CCC2)c1ccc2c(c1)OCCCO2. The fraction of sp³-hybridized carbons (Fsp3) is 0.368. The summed E-state index contributed by atoms with van der Waals surface area (Å²) in [5, 5.41) is 4.25. The number of rotatable bonds is 3. The van der Waals surface area contributed by atoms with Gasteiger partial charge in [-0.1, -0.05) is 0 Å². The molecule has 1 aromatic heterocycles. The maximum absolute atomic E-state index is 12.3. The zero-order valence-corrected chi connectivity index (χ0v) is 14.9. The van der Waals surface area contributed by atoms with Crippen molar-refractivity contribution in [2.45, 2.75) is 32.6 Å². The summed E-state index contributed by atoms with van der Waals surface area (Å²) in [7, 11) is 0. The van der Waals surface area contributed by atoms with Crippen LogP contribution in [-0.4, -0.2) is 24.8 Å². The number of nitrogens with one attached hydrogen (secondary N) is 1. The number of ether oxygens (including phenoxy) is 2. The van der Waals surface area contributed by atoms with Crippen molar-refractivity contribution < 1.29 is 14.3 Å². The predicted octanol–water partition coefficient (Wildman–Crippen LogP) is 3.55. The van der Waals surface area contributed by atoms with E-state index in [9.17, 15) is 4.79 Å². The third-order valence-corrected chi connectivity index (χ3v) is 5.70. The highest BCUT2D eigenvalue weighted by Crippen LogP contribution is 2.31. The molecule has 25 heavy (non-hydrogen) atoms. The second kappa shape index (κ2) is 6.88. The van der Waals surface area contributed by atoms with Crippen LogP contribution in [0.2, 0.25) is 0 Å². The third kappa shape index (κ3) is 3.39. The number of nitrogens with zero attached hydrogens (tertiary/aromatic N) is 1. The van der Waals surface area contributed by atoms with Gasteiger partial charge in [-0.25, -0.2) is 5.43 Å². The second-order valence-electron chi connectivity index (χ2n) is 6.26. The molecule has 0 atom stereocenters. The Hall–Kier alpha value is -2.34. The van der Waals surface area contributed by atoms with Crippen molar-refractivity contribution in [3.8, 4) is 11.5 Å². The number of thiophene rings is 1. The Morgan fingerprint density at radius 2 is 1.96 bits per heavy atom. The lowest BCUT2D eigenvalue weighted by Gasteiger charge is -2.09. The zero-order chi connectivity index (χ0) is 17.2. The number of hydrogen-bond acceptors (Lipinski definition) is 5. The molecule has 2 aliphatic rings. The van der Waals surface area contributed by atoms with Crippen LogP contribution in [0.5, 0.6) is 11.5 Å². The molecule has 6 heteroatoms. The van der Waals surface area contributed by atoms with Crippen molar-refractivity contribution >= 4 is 23.0 Å². The Balaban J connectivity index is 1.47. The molecule has 1 N–H and O–H groups in total. The summed E-state index contributed by atoms with van der Waals surface area (Å²) in [6.07, 6.45) is 4.24. The topological polar surface area (TPSA) is 59.9 Å². The van der Waals surface area contributed by atoms with E-state index in [0.717, 1.165) is 46.9 Å². The van der Waals surface area contributed by atoms with E-state index < -0.39 is 0 Å². The molecule has 1 aliphatic carbocycles. The van der Waals surface area contributed by atoms with Gasteiger partial charge in [0.05, 0.1) is 23.8 Å². The van der Waals surface area contributed by atoms with E-state index in [-0.39, 0.29) is 5.91 Å². The second-order valence-corrected chi connectivity index (χ2v) is 7.40. The fourth-order valence-electron chi connectivity index (χ4n) is 3.08. The lowest BCUT2D eigenvalue weighted by molar-refractivity contribution is 0.0959. The number of carbonyl (C=O) groups is 1. The first-order valence-corrected chi connectivity index (χ1v) is 9.38. The van der Waals surface area contributed by atoms with E-state index in [2.05, 4.69) is 10.5 Å². The van der Waals surface area contributed by atoms with Crippen LogP contribution in [0.3, 0.4) is 0 Å². The summed E-state index contributed by atoms with van der Waals surface area (Å²) in [6.45, 7) is 3.18. The van der Waals surface area contributed by atoms with Gasteiger partial charge in [0.15, 0.2) is 11.5 Å². The van der Waals surface area contributed by atoms with Crippen molar-refractivity contribution in [3.63, 3.8) is 0 Å². The molecule has 0 fully saturated rings. The number of carbonyl (C=O) groups excluding carboxylic acids is 1. The van der Waals surface area contributed by atoms with Crippen molar-refractivity contribution in [2.24, 2.45) is 5.10 Å². The molecule has 5 nitrogen and oxygen atoms in total. The van der Waals surface area contributed by atoms with Gasteiger partial charge in [-0.05, 0) is 56.0 Å². The minimum Gasteiger partial charge on any atom is -0.490 e. The summed E-state index contributed by atoms with van der Waals surface area (Å²) >= 11 is 1.58. The Bertz CT molecular complexity index is 820. The molecule has 0 unspecified atom stereocenters. The molecule has 2 heterocycles. The minimum absolute atomic E-state index is 0.145. The monoisotopic (exact) mass is 356 g/mol. The Morgan fingerprint density at radius 1 is 1.12 bits per heavy atom. The molecule has 1 aliphatic heterocycles. The lowest BCUT2D eigenvalue weighted by Crippen LogP contribution is -2.18.